The van der Waals surface area contributed by atoms with Gasteiger partial charge in [-0.3, -0.25) is 0 Å². The summed E-state index contributed by atoms with van der Waals surface area (Å²) in [6.07, 6.45) is -1.41. The minimum Gasteiger partial charge on any atom is -0.465 e. The summed E-state index contributed by atoms with van der Waals surface area (Å²) in [5, 5.41) is 24.6. The summed E-state index contributed by atoms with van der Waals surface area (Å²) in [7, 11) is 0. The van der Waals surface area contributed by atoms with Gasteiger partial charge in [0.25, 0.3) is 0 Å². The molecule has 0 spiro atoms. The van der Waals surface area contributed by atoms with Crippen LogP contribution in [0.4, 0.5) is 4.79 Å². The van der Waals surface area contributed by atoms with E-state index in [1.54, 1.807) is 0 Å². The van der Waals surface area contributed by atoms with Crippen LogP contribution < -0.4 is 10.6 Å². The maximum absolute atomic E-state index is 10.8. The van der Waals surface area contributed by atoms with Gasteiger partial charge in [-0.15, -0.1) is 0 Å². The van der Waals surface area contributed by atoms with Crippen LogP contribution in [0, 0.1) is 5.92 Å². The highest BCUT2D eigenvalue weighted by atomic mass is 16.4. The first-order chi connectivity index (χ1) is 9.49. The van der Waals surface area contributed by atoms with Crippen LogP contribution in [0.25, 0.3) is 0 Å². The third kappa shape index (κ3) is 6.54. The molecular weight excluding hydrogens is 256 g/mol. The lowest BCUT2D eigenvalue weighted by molar-refractivity contribution is 0.117. The Morgan fingerprint density at radius 2 is 1.85 bits per heavy atom. The Balaban J connectivity index is 2.56. The fourth-order valence-corrected chi connectivity index (χ4v) is 1.97. The number of benzene rings is 1. The number of hydrogen-bond acceptors (Lipinski definition) is 3. The van der Waals surface area contributed by atoms with Crippen molar-refractivity contribution in [3.63, 3.8) is 0 Å². The van der Waals surface area contributed by atoms with Crippen molar-refractivity contribution in [1.29, 1.82) is 0 Å². The first-order valence-corrected chi connectivity index (χ1v) is 6.91. The van der Waals surface area contributed by atoms with Gasteiger partial charge in [0.2, 0.25) is 0 Å². The normalized spacial score (nSPS) is 14.0. The largest absolute Gasteiger partial charge is 0.465 e. The highest BCUT2D eigenvalue weighted by molar-refractivity contribution is 5.65. The third-order valence-electron chi connectivity index (χ3n) is 2.98. The summed E-state index contributed by atoms with van der Waals surface area (Å²) in [5.74, 6) is 0.488. The molecule has 0 bridgehead atoms. The minimum atomic E-state index is -1.12. The van der Waals surface area contributed by atoms with Crippen LogP contribution in [0.5, 0.6) is 0 Å². The highest BCUT2D eigenvalue weighted by Gasteiger charge is 2.21. The number of aliphatic hydroxyl groups is 1. The molecule has 112 valence electrons. The highest BCUT2D eigenvalue weighted by Crippen LogP contribution is 2.06. The quantitative estimate of drug-likeness (QED) is 0.581. The summed E-state index contributed by atoms with van der Waals surface area (Å²) in [4.78, 5) is 10.8. The lowest BCUT2D eigenvalue weighted by atomic mass is 10.0. The van der Waals surface area contributed by atoms with Crippen molar-refractivity contribution in [3.05, 3.63) is 35.9 Å². The van der Waals surface area contributed by atoms with E-state index in [9.17, 15) is 9.90 Å². The molecule has 0 saturated heterocycles. The van der Waals surface area contributed by atoms with Crippen LogP contribution in [0.15, 0.2) is 30.3 Å². The molecule has 1 aromatic carbocycles. The molecule has 0 radical (unpaired) electrons. The standard InChI is InChI=1S/C15H24N2O3/c1-11(2)9-16-10-14(18)13(17-15(19)20)8-12-6-4-3-5-7-12/h3-7,11,13-14,16-18H,8-10H2,1-2H3,(H,19,20)/t13-,14+/m0/s1. The van der Waals surface area contributed by atoms with E-state index in [0.717, 1.165) is 12.1 Å². The van der Waals surface area contributed by atoms with E-state index in [4.69, 9.17) is 5.11 Å². The fourth-order valence-electron chi connectivity index (χ4n) is 1.97. The van der Waals surface area contributed by atoms with Crippen molar-refractivity contribution in [3.8, 4) is 0 Å². The van der Waals surface area contributed by atoms with Crippen molar-refractivity contribution in [2.24, 2.45) is 5.92 Å². The van der Waals surface area contributed by atoms with Crippen LogP contribution in [-0.2, 0) is 6.42 Å². The Bertz CT molecular complexity index is 395. The SMILES string of the molecule is CC(C)CNC[C@@H](O)[C@H](Cc1ccccc1)NC(=O)O. The van der Waals surface area contributed by atoms with E-state index in [-0.39, 0.29) is 0 Å². The summed E-state index contributed by atoms with van der Waals surface area (Å²) >= 11 is 0. The maximum Gasteiger partial charge on any atom is 0.404 e. The Labute approximate surface area is 120 Å². The van der Waals surface area contributed by atoms with Gasteiger partial charge >= 0.3 is 6.09 Å². The number of amides is 1. The van der Waals surface area contributed by atoms with Crippen LogP contribution in [0.1, 0.15) is 19.4 Å². The number of nitrogens with one attached hydrogen (secondary N) is 2. The van der Waals surface area contributed by atoms with Crippen LogP contribution in [-0.4, -0.2) is 41.5 Å². The second-order valence-corrected chi connectivity index (χ2v) is 5.37. The molecular formula is C15H24N2O3. The molecule has 4 N–H and O–H groups in total. The monoisotopic (exact) mass is 280 g/mol. The Morgan fingerprint density at radius 1 is 1.20 bits per heavy atom. The van der Waals surface area contributed by atoms with E-state index in [2.05, 4.69) is 24.5 Å². The van der Waals surface area contributed by atoms with Gasteiger partial charge in [0.1, 0.15) is 0 Å². The van der Waals surface area contributed by atoms with Crippen molar-refractivity contribution in [2.45, 2.75) is 32.4 Å². The molecule has 0 unspecified atom stereocenters. The molecule has 0 aliphatic heterocycles. The van der Waals surface area contributed by atoms with Crippen LogP contribution in [0.3, 0.4) is 0 Å². The molecule has 5 nitrogen and oxygen atoms in total. The van der Waals surface area contributed by atoms with Crippen LogP contribution >= 0.6 is 0 Å². The molecule has 0 heterocycles. The van der Waals surface area contributed by atoms with Gasteiger partial charge in [-0.25, -0.2) is 4.79 Å². The second-order valence-electron chi connectivity index (χ2n) is 5.37. The first kappa shape index (κ1) is 16.5. The maximum atomic E-state index is 10.8. The van der Waals surface area contributed by atoms with E-state index >= 15 is 0 Å². The van der Waals surface area contributed by atoms with Gasteiger partial charge in [-0.2, -0.15) is 0 Å². The number of hydrogen-bond donors (Lipinski definition) is 4. The molecule has 1 aromatic rings. The molecule has 5 heteroatoms. The van der Waals surface area contributed by atoms with E-state index in [1.165, 1.54) is 0 Å². The predicted molar refractivity (Wildman–Crippen MR) is 78.8 cm³/mol. The van der Waals surface area contributed by atoms with Crippen molar-refractivity contribution in [2.75, 3.05) is 13.1 Å². The van der Waals surface area contributed by atoms with Gasteiger partial charge in [0.05, 0.1) is 12.1 Å². The van der Waals surface area contributed by atoms with Crippen molar-refractivity contribution in [1.82, 2.24) is 10.6 Å². The van der Waals surface area contributed by atoms with Gasteiger partial charge < -0.3 is 20.8 Å². The third-order valence-corrected chi connectivity index (χ3v) is 2.98. The topological polar surface area (TPSA) is 81.6 Å². The summed E-state index contributed by atoms with van der Waals surface area (Å²) in [5.41, 5.74) is 0.995. The zero-order chi connectivity index (χ0) is 15.0. The molecule has 0 saturated carbocycles. The molecule has 2 atom stereocenters. The second kappa shape index (κ2) is 8.55. The van der Waals surface area contributed by atoms with Gasteiger partial charge in [0.15, 0.2) is 0 Å². The lowest BCUT2D eigenvalue weighted by Crippen LogP contribution is -2.48. The number of carbonyl (C=O) groups is 1. The fraction of sp³-hybridized carbons (Fsp3) is 0.533. The number of carboxylic acid groups (broad SMARTS) is 1. The average molecular weight is 280 g/mol. The van der Waals surface area contributed by atoms with Crippen molar-refractivity contribution >= 4 is 6.09 Å². The van der Waals surface area contributed by atoms with Crippen LogP contribution in [0.2, 0.25) is 0 Å². The minimum absolute atomic E-state index is 0.371. The molecule has 20 heavy (non-hydrogen) atoms. The lowest BCUT2D eigenvalue weighted by Gasteiger charge is -2.23. The zero-order valence-corrected chi connectivity index (χ0v) is 12.0. The predicted octanol–water partition coefficient (Wildman–Crippen LogP) is 1.47. The Kier molecular flexibility index (Phi) is 7.04. The molecule has 1 rings (SSSR count). The summed E-state index contributed by atoms with van der Waals surface area (Å²) in [6, 6.07) is 9.03. The summed E-state index contributed by atoms with van der Waals surface area (Å²) in [6.45, 7) is 5.32. The Hall–Kier alpha value is -1.59. The average Bonchev–Trinajstić information content (AvgIpc) is 2.38. The van der Waals surface area contributed by atoms with Gasteiger partial charge in [-0.05, 0) is 24.4 Å². The zero-order valence-electron chi connectivity index (χ0n) is 12.0. The number of rotatable bonds is 8. The molecule has 0 fully saturated rings. The number of aliphatic hydroxyl groups excluding tert-OH is 1. The Morgan fingerprint density at radius 3 is 2.40 bits per heavy atom. The van der Waals surface area contributed by atoms with E-state index < -0.39 is 18.2 Å². The molecule has 0 aliphatic rings. The van der Waals surface area contributed by atoms with Gasteiger partial charge in [0, 0.05) is 6.54 Å². The first-order valence-electron chi connectivity index (χ1n) is 6.91. The molecule has 0 aliphatic carbocycles. The van der Waals surface area contributed by atoms with E-state index in [0.29, 0.717) is 18.9 Å². The smallest absolute Gasteiger partial charge is 0.404 e. The summed E-state index contributed by atoms with van der Waals surface area (Å²) < 4.78 is 0. The van der Waals surface area contributed by atoms with E-state index in [1.807, 2.05) is 30.3 Å². The molecule has 0 aromatic heterocycles. The van der Waals surface area contributed by atoms with Gasteiger partial charge in [-0.1, -0.05) is 44.2 Å². The molecule has 1 amide bonds. The van der Waals surface area contributed by atoms with Crippen molar-refractivity contribution < 1.29 is 15.0 Å².